The molecule has 0 bridgehead atoms. The summed E-state index contributed by atoms with van der Waals surface area (Å²) in [6, 6.07) is 12.3. The van der Waals surface area contributed by atoms with Crippen LogP contribution in [-0.2, 0) is 4.79 Å². The van der Waals surface area contributed by atoms with Crippen LogP contribution in [0.1, 0.15) is 48.4 Å². The number of nitrogens with one attached hydrogen (secondary N) is 1. The fourth-order valence-electron chi connectivity index (χ4n) is 5.15. The van der Waals surface area contributed by atoms with Gasteiger partial charge in [-0.3, -0.25) is 14.0 Å². The lowest BCUT2D eigenvalue weighted by Gasteiger charge is -2.21. The van der Waals surface area contributed by atoms with Crippen LogP contribution in [0.15, 0.2) is 61.1 Å². The molecule has 3 aromatic heterocycles. The number of amides is 2. The third-order valence-electron chi connectivity index (χ3n) is 7.19. The molecule has 1 aliphatic carbocycles. The van der Waals surface area contributed by atoms with E-state index in [1.807, 2.05) is 33.7 Å². The number of hydrogen-bond donors (Lipinski definition) is 2. The first-order valence-corrected chi connectivity index (χ1v) is 12.2. The molecule has 1 spiro atoms. The third kappa shape index (κ3) is 4.06. The number of anilines is 2. The van der Waals surface area contributed by atoms with Gasteiger partial charge in [-0.1, -0.05) is 24.1 Å². The number of rotatable bonds is 4. The van der Waals surface area contributed by atoms with E-state index in [0.717, 1.165) is 30.7 Å². The normalized spacial score (nSPS) is 17.4. The molecule has 3 N–H and O–H groups in total. The topological polar surface area (TPSA) is 119 Å². The molecule has 1 unspecified atom stereocenters. The van der Waals surface area contributed by atoms with Gasteiger partial charge in [0.05, 0.1) is 6.04 Å². The molecule has 37 heavy (non-hydrogen) atoms. The number of benzene rings is 1. The van der Waals surface area contributed by atoms with Crippen LogP contribution < -0.4 is 11.1 Å². The predicted molar refractivity (Wildman–Crippen MR) is 139 cm³/mol. The average Bonchev–Trinajstić information content (AvgIpc) is 3.38. The van der Waals surface area contributed by atoms with Gasteiger partial charge in [-0.05, 0) is 61.8 Å². The molecule has 0 radical (unpaired) electrons. The van der Waals surface area contributed by atoms with Crippen LogP contribution in [0, 0.1) is 17.3 Å². The van der Waals surface area contributed by atoms with Crippen molar-refractivity contribution in [2.45, 2.75) is 32.2 Å². The van der Waals surface area contributed by atoms with Crippen molar-refractivity contribution >= 4 is 29.0 Å². The highest BCUT2D eigenvalue weighted by atomic mass is 16.2. The Morgan fingerprint density at radius 1 is 1.11 bits per heavy atom. The summed E-state index contributed by atoms with van der Waals surface area (Å²) in [5.41, 5.74) is 9.10. The molecule has 4 heterocycles. The second-order valence-electron chi connectivity index (χ2n) is 9.62. The van der Waals surface area contributed by atoms with Gasteiger partial charge in [0.15, 0.2) is 0 Å². The summed E-state index contributed by atoms with van der Waals surface area (Å²) >= 11 is 0. The van der Waals surface area contributed by atoms with Crippen molar-refractivity contribution in [1.82, 2.24) is 24.3 Å². The summed E-state index contributed by atoms with van der Waals surface area (Å²) in [6.07, 6.45) is 8.15. The molecule has 1 aromatic carbocycles. The number of carbonyl (C=O) groups is 2. The Morgan fingerprint density at radius 2 is 1.92 bits per heavy atom. The first-order chi connectivity index (χ1) is 18.0. The van der Waals surface area contributed by atoms with Crippen molar-refractivity contribution in [3.8, 4) is 23.1 Å². The molecule has 6 rings (SSSR count). The molecule has 2 amide bonds. The molecule has 1 atom stereocenters. The Kier molecular flexibility index (Phi) is 5.37. The van der Waals surface area contributed by atoms with Gasteiger partial charge in [0.2, 0.25) is 0 Å². The standard InChI is InChI=1S/C28H25N7O2/c1-2-5-22(36)35-17-28(11-12-28)16-20(35)26-33-23(24-25(29)31-14-15-34(24)26)18-7-9-19(10-8-18)27(37)32-21-6-3-4-13-30-21/h3-4,6-10,13-15,20H,11-12,16-17H2,1H3,(H2,29,31)(H,30,32,37). The molecule has 184 valence electrons. The van der Waals surface area contributed by atoms with Gasteiger partial charge in [0.1, 0.15) is 28.7 Å². The van der Waals surface area contributed by atoms with E-state index in [1.54, 1.807) is 43.6 Å². The van der Waals surface area contributed by atoms with E-state index >= 15 is 0 Å². The van der Waals surface area contributed by atoms with E-state index in [1.165, 1.54) is 0 Å². The lowest BCUT2D eigenvalue weighted by molar-refractivity contribution is -0.126. The highest BCUT2D eigenvalue weighted by molar-refractivity contribution is 6.04. The Bertz CT molecular complexity index is 1580. The van der Waals surface area contributed by atoms with Crippen LogP contribution >= 0.6 is 0 Å². The van der Waals surface area contributed by atoms with Gasteiger partial charge >= 0.3 is 0 Å². The second kappa shape index (κ2) is 8.75. The molecule has 2 fully saturated rings. The zero-order chi connectivity index (χ0) is 25.6. The first kappa shape index (κ1) is 22.7. The minimum absolute atomic E-state index is 0.156. The molecular formula is C28H25N7O2. The van der Waals surface area contributed by atoms with Crippen molar-refractivity contribution < 1.29 is 9.59 Å². The van der Waals surface area contributed by atoms with Gasteiger partial charge in [-0.25, -0.2) is 15.0 Å². The van der Waals surface area contributed by atoms with Gasteiger partial charge in [0.25, 0.3) is 11.8 Å². The monoisotopic (exact) mass is 491 g/mol. The highest BCUT2D eigenvalue weighted by Gasteiger charge is 2.54. The van der Waals surface area contributed by atoms with Crippen LogP contribution in [0.25, 0.3) is 16.8 Å². The molecule has 4 aromatic rings. The SMILES string of the molecule is CC#CC(=O)N1CC2(CC2)CC1c1nc(-c2ccc(C(=O)Nc3ccccn3)cc2)c2c(N)nccn12. The predicted octanol–water partition coefficient (Wildman–Crippen LogP) is 3.70. The van der Waals surface area contributed by atoms with Gasteiger partial charge in [-0.2, -0.15) is 0 Å². The fourth-order valence-corrected chi connectivity index (χ4v) is 5.15. The Morgan fingerprint density at radius 3 is 2.62 bits per heavy atom. The maximum Gasteiger partial charge on any atom is 0.299 e. The van der Waals surface area contributed by atoms with Crippen LogP contribution in [0.3, 0.4) is 0 Å². The zero-order valence-corrected chi connectivity index (χ0v) is 20.3. The summed E-state index contributed by atoms with van der Waals surface area (Å²) in [5.74, 6) is 6.58. The van der Waals surface area contributed by atoms with E-state index in [-0.39, 0.29) is 23.3 Å². The fraction of sp³-hybridized carbons (Fsp3) is 0.250. The minimum atomic E-state index is -0.256. The number of pyridine rings is 1. The van der Waals surface area contributed by atoms with Crippen LogP contribution in [0.5, 0.6) is 0 Å². The van der Waals surface area contributed by atoms with Crippen molar-refractivity contribution in [3.63, 3.8) is 0 Å². The summed E-state index contributed by atoms with van der Waals surface area (Å²) in [7, 11) is 0. The third-order valence-corrected chi connectivity index (χ3v) is 7.19. The van der Waals surface area contributed by atoms with Crippen LogP contribution in [0.4, 0.5) is 11.6 Å². The number of carbonyl (C=O) groups excluding carboxylic acids is 2. The molecule has 1 saturated heterocycles. The number of imidazole rings is 1. The smallest absolute Gasteiger partial charge is 0.299 e. The van der Waals surface area contributed by atoms with Gasteiger partial charge in [-0.15, -0.1) is 0 Å². The second-order valence-corrected chi connectivity index (χ2v) is 9.62. The maximum atomic E-state index is 12.9. The summed E-state index contributed by atoms with van der Waals surface area (Å²) < 4.78 is 1.94. The van der Waals surface area contributed by atoms with Crippen molar-refractivity contribution in [2.75, 3.05) is 17.6 Å². The zero-order valence-electron chi connectivity index (χ0n) is 20.3. The quantitative estimate of drug-likeness (QED) is 0.420. The molecule has 2 aliphatic rings. The maximum absolute atomic E-state index is 12.9. The number of fused-ring (bicyclic) bond motifs is 1. The van der Waals surface area contributed by atoms with Crippen LogP contribution in [0.2, 0.25) is 0 Å². The Hall–Kier alpha value is -4.71. The van der Waals surface area contributed by atoms with E-state index in [0.29, 0.717) is 35.0 Å². The number of nitrogens with zero attached hydrogens (tertiary/aromatic N) is 5. The van der Waals surface area contributed by atoms with E-state index in [4.69, 9.17) is 10.7 Å². The molecular weight excluding hydrogens is 466 g/mol. The molecule has 9 heteroatoms. The lowest BCUT2D eigenvalue weighted by Crippen LogP contribution is -2.31. The summed E-state index contributed by atoms with van der Waals surface area (Å²) in [4.78, 5) is 40.9. The largest absolute Gasteiger partial charge is 0.382 e. The number of likely N-dealkylation sites (tertiary alicyclic amines) is 1. The van der Waals surface area contributed by atoms with Gasteiger partial charge < -0.3 is 16.0 Å². The van der Waals surface area contributed by atoms with Crippen molar-refractivity contribution in [1.29, 1.82) is 0 Å². The van der Waals surface area contributed by atoms with Crippen molar-refractivity contribution in [2.24, 2.45) is 5.41 Å². The Labute approximate surface area is 213 Å². The van der Waals surface area contributed by atoms with Crippen LogP contribution in [-0.4, -0.2) is 42.6 Å². The number of nitrogen functional groups attached to an aromatic ring is 1. The van der Waals surface area contributed by atoms with Gasteiger partial charge in [0, 0.05) is 36.3 Å². The first-order valence-electron chi connectivity index (χ1n) is 12.2. The van der Waals surface area contributed by atoms with E-state index < -0.39 is 0 Å². The van der Waals surface area contributed by atoms with E-state index in [2.05, 4.69) is 27.1 Å². The molecule has 1 saturated carbocycles. The lowest BCUT2D eigenvalue weighted by atomic mass is 10.0. The summed E-state index contributed by atoms with van der Waals surface area (Å²) in [6.45, 7) is 2.36. The van der Waals surface area contributed by atoms with Crippen molar-refractivity contribution in [3.05, 3.63) is 72.4 Å². The summed E-state index contributed by atoms with van der Waals surface area (Å²) in [5, 5.41) is 2.79. The molecule has 1 aliphatic heterocycles. The highest BCUT2D eigenvalue weighted by Crippen LogP contribution is 2.58. The van der Waals surface area contributed by atoms with E-state index in [9.17, 15) is 9.59 Å². The number of nitrogens with two attached hydrogens (primary N) is 1. The average molecular weight is 492 g/mol. The molecule has 9 nitrogen and oxygen atoms in total. The Balaban J connectivity index is 1.37. The number of hydrogen-bond acceptors (Lipinski definition) is 6. The minimum Gasteiger partial charge on any atom is -0.382 e. The number of aromatic nitrogens is 4.